The molecule has 17 heavy (non-hydrogen) atoms. The smallest absolute Gasteiger partial charge is 0.0737 e. The van der Waals surface area contributed by atoms with Gasteiger partial charge in [-0.15, -0.1) is 0 Å². The van der Waals surface area contributed by atoms with Crippen molar-refractivity contribution in [2.24, 2.45) is 0 Å². The first-order valence-electron chi connectivity index (χ1n) is 5.80. The van der Waals surface area contributed by atoms with Crippen LogP contribution in [0.4, 0.5) is 0 Å². The third kappa shape index (κ3) is 2.04. The number of nitrogens with zero attached hydrogens (tertiary/aromatic N) is 1. The Hall–Kier alpha value is -2.15. The molecule has 0 atom stereocenters. The molecule has 3 rings (SSSR count). The molecule has 0 spiro atoms. The van der Waals surface area contributed by atoms with Crippen LogP contribution < -0.4 is 0 Å². The Kier molecular flexibility index (Phi) is 2.59. The minimum absolute atomic E-state index is 0.940. The van der Waals surface area contributed by atoms with E-state index in [9.17, 15) is 0 Å². The standard InChI is InChI=1S/C16H13N/c1-2-6-13(7-3-1)12-15-9-4-8-14-10-5-11-17-16(14)15/h1-11H,12H2. The zero-order chi connectivity index (χ0) is 11.5. The van der Waals surface area contributed by atoms with Crippen LogP contribution in [0.2, 0.25) is 0 Å². The van der Waals surface area contributed by atoms with Gasteiger partial charge in [-0.25, -0.2) is 0 Å². The summed E-state index contributed by atoms with van der Waals surface area (Å²) in [6.07, 6.45) is 2.80. The van der Waals surface area contributed by atoms with Crippen LogP contribution in [0.15, 0.2) is 66.9 Å². The second-order valence-electron chi connectivity index (χ2n) is 4.15. The van der Waals surface area contributed by atoms with Crippen molar-refractivity contribution in [1.29, 1.82) is 0 Å². The highest BCUT2D eigenvalue weighted by Crippen LogP contribution is 2.18. The average molecular weight is 219 g/mol. The molecular weight excluding hydrogens is 206 g/mol. The molecular formula is C16H13N. The van der Waals surface area contributed by atoms with E-state index in [1.165, 1.54) is 16.5 Å². The topological polar surface area (TPSA) is 12.9 Å². The average Bonchev–Trinajstić information content (AvgIpc) is 2.40. The number of rotatable bonds is 2. The van der Waals surface area contributed by atoms with E-state index in [2.05, 4.69) is 53.5 Å². The largest absolute Gasteiger partial charge is 0.256 e. The molecule has 0 saturated carbocycles. The molecule has 1 nitrogen and oxygen atoms in total. The van der Waals surface area contributed by atoms with Gasteiger partial charge < -0.3 is 0 Å². The third-order valence-corrected chi connectivity index (χ3v) is 2.95. The predicted molar refractivity (Wildman–Crippen MR) is 71.0 cm³/mol. The van der Waals surface area contributed by atoms with E-state index in [1.807, 2.05) is 18.3 Å². The third-order valence-electron chi connectivity index (χ3n) is 2.95. The summed E-state index contributed by atoms with van der Waals surface area (Å²) in [7, 11) is 0. The van der Waals surface area contributed by atoms with Crippen LogP contribution in [-0.4, -0.2) is 4.98 Å². The Labute approximate surface area is 101 Å². The van der Waals surface area contributed by atoms with E-state index in [-0.39, 0.29) is 0 Å². The first-order chi connectivity index (χ1) is 8.43. The van der Waals surface area contributed by atoms with Crippen molar-refractivity contribution >= 4 is 10.9 Å². The molecule has 0 amide bonds. The predicted octanol–water partition coefficient (Wildman–Crippen LogP) is 3.83. The molecule has 0 aliphatic carbocycles. The van der Waals surface area contributed by atoms with Gasteiger partial charge in [-0.05, 0) is 23.6 Å². The van der Waals surface area contributed by atoms with Crippen molar-refractivity contribution in [3.8, 4) is 0 Å². The summed E-state index contributed by atoms with van der Waals surface area (Å²) in [5.41, 5.74) is 3.72. The molecule has 1 heterocycles. The van der Waals surface area contributed by atoms with Gasteiger partial charge in [0.15, 0.2) is 0 Å². The summed E-state index contributed by atoms with van der Waals surface area (Å²) in [6, 6.07) is 21.0. The fraction of sp³-hybridized carbons (Fsp3) is 0.0625. The molecule has 0 N–H and O–H groups in total. The molecule has 0 aliphatic heterocycles. The number of hydrogen-bond acceptors (Lipinski definition) is 1. The molecule has 0 fully saturated rings. The van der Waals surface area contributed by atoms with Gasteiger partial charge in [0, 0.05) is 11.6 Å². The number of benzene rings is 2. The molecule has 0 aliphatic rings. The lowest BCUT2D eigenvalue weighted by Gasteiger charge is -2.05. The van der Waals surface area contributed by atoms with Crippen LogP contribution in [0.1, 0.15) is 11.1 Å². The Balaban J connectivity index is 2.06. The molecule has 0 bridgehead atoms. The van der Waals surface area contributed by atoms with E-state index < -0.39 is 0 Å². The second kappa shape index (κ2) is 4.38. The van der Waals surface area contributed by atoms with Crippen molar-refractivity contribution in [3.63, 3.8) is 0 Å². The zero-order valence-electron chi connectivity index (χ0n) is 9.51. The molecule has 1 aromatic heterocycles. The maximum atomic E-state index is 4.48. The van der Waals surface area contributed by atoms with Crippen LogP contribution in [0.5, 0.6) is 0 Å². The summed E-state index contributed by atoms with van der Waals surface area (Å²) >= 11 is 0. The van der Waals surface area contributed by atoms with Crippen LogP contribution in [-0.2, 0) is 6.42 Å². The van der Waals surface area contributed by atoms with E-state index in [4.69, 9.17) is 0 Å². The van der Waals surface area contributed by atoms with Crippen molar-refractivity contribution in [2.45, 2.75) is 6.42 Å². The summed E-state index contributed by atoms with van der Waals surface area (Å²) < 4.78 is 0. The maximum absolute atomic E-state index is 4.48. The lowest BCUT2D eigenvalue weighted by Crippen LogP contribution is -1.91. The van der Waals surface area contributed by atoms with Crippen LogP contribution >= 0.6 is 0 Å². The van der Waals surface area contributed by atoms with Gasteiger partial charge in [0.1, 0.15) is 0 Å². The van der Waals surface area contributed by atoms with Crippen molar-refractivity contribution in [1.82, 2.24) is 4.98 Å². The first kappa shape index (κ1) is 10.0. The fourth-order valence-corrected chi connectivity index (χ4v) is 2.13. The van der Waals surface area contributed by atoms with Gasteiger partial charge in [-0.2, -0.15) is 0 Å². The second-order valence-corrected chi connectivity index (χ2v) is 4.15. The van der Waals surface area contributed by atoms with E-state index >= 15 is 0 Å². The molecule has 0 saturated heterocycles. The Morgan fingerprint density at radius 3 is 2.47 bits per heavy atom. The Morgan fingerprint density at radius 1 is 0.765 bits per heavy atom. The van der Waals surface area contributed by atoms with Gasteiger partial charge in [-0.1, -0.05) is 54.6 Å². The van der Waals surface area contributed by atoms with E-state index in [1.54, 1.807) is 0 Å². The fourth-order valence-electron chi connectivity index (χ4n) is 2.13. The normalized spacial score (nSPS) is 10.6. The lowest BCUT2D eigenvalue weighted by molar-refractivity contribution is 1.19. The van der Waals surface area contributed by atoms with Gasteiger partial charge in [-0.3, -0.25) is 4.98 Å². The highest BCUT2D eigenvalue weighted by Gasteiger charge is 2.02. The Morgan fingerprint density at radius 2 is 1.59 bits per heavy atom. The lowest BCUT2D eigenvalue weighted by atomic mass is 10.0. The van der Waals surface area contributed by atoms with Crippen LogP contribution in [0.3, 0.4) is 0 Å². The SMILES string of the molecule is c1ccc(Cc2cccc3cccnc23)cc1. The summed E-state index contributed by atoms with van der Waals surface area (Å²) in [5, 5.41) is 1.21. The minimum atomic E-state index is 0.940. The monoisotopic (exact) mass is 219 g/mol. The maximum Gasteiger partial charge on any atom is 0.0737 e. The highest BCUT2D eigenvalue weighted by atomic mass is 14.6. The van der Waals surface area contributed by atoms with Crippen LogP contribution in [0, 0.1) is 0 Å². The number of hydrogen-bond donors (Lipinski definition) is 0. The van der Waals surface area contributed by atoms with Gasteiger partial charge in [0.05, 0.1) is 5.52 Å². The van der Waals surface area contributed by atoms with Crippen molar-refractivity contribution < 1.29 is 0 Å². The molecule has 0 unspecified atom stereocenters. The van der Waals surface area contributed by atoms with Gasteiger partial charge in [0.2, 0.25) is 0 Å². The van der Waals surface area contributed by atoms with Crippen molar-refractivity contribution in [3.05, 3.63) is 78.0 Å². The molecule has 2 aromatic carbocycles. The van der Waals surface area contributed by atoms with E-state index in [0.717, 1.165) is 11.9 Å². The molecule has 0 radical (unpaired) electrons. The molecule has 3 aromatic rings. The Bertz CT molecular complexity index is 624. The quantitative estimate of drug-likeness (QED) is 0.638. The number of aromatic nitrogens is 1. The number of para-hydroxylation sites is 1. The number of fused-ring (bicyclic) bond motifs is 1. The minimum Gasteiger partial charge on any atom is -0.256 e. The van der Waals surface area contributed by atoms with E-state index in [0.29, 0.717) is 0 Å². The highest BCUT2D eigenvalue weighted by molar-refractivity contribution is 5.81. The summed E-state index contributed by atoms with van der Waals surface area (Å²) in [6.45, 7) is 0. The number of pyridine rings is 1. The van der Waals surface area contributed by atoms with Gasteiger partial charge in [0.25, 0.3) is 0 Å². The van der Waals surface area contributed by atoms with Crippen molar-refractivity contribution in [2.75, 3.05) is 0 Å². The molecule has 82 valence electrons. The first-order valence-corrected chi connectivity index (χ1v) is 5.80. The summed E-state index contributed by atoms with van der Waals surface area (Å²) in [4.78, 5) is 4.48. The zero-order valence-corrected chi connectivity index (χ0v) is 9.51. The summed E-state index contributed by atoms with van der Waals surface area (Å²) in [5.74, 6) is 0. The van der Waals surface area contributed by atoms with Crippen LogP contribution in [0.25, 0.3) is 10.9 Å². The van der Waals surface area contributed by atoms with Gasteiger partial charge >= 0.3 is 0 Å². The molecule has 1 heteroatoms.